The fourth-order valence-corrected chi connectivity index (χ4v) is 4.78. The van der Waals surface area contributed by atoms with Gasteiger partial charge in [-0.2, -0.15) is 0 Å². The van der Waals surface area contributed by atoms with Gasteiger partial charge in [-0.1, -0.05) is 6.07 Å². The van der Waals surface area contributed by atoms with E-state index in [1.807, 2.05) is 31.3 Å². The number of hydrogen-bond acceptors (Lipinski definition) is 8. The number of hydrogen-bond donors (Lipinski definition) is 2. The highest BCUT2D eigenvalue weighted by Gasteiger charge is 2.23. The van der Waals surface area contributed by atoms with Gasteiger partial charge in [0.15, 0.2) is 0 Å². The van der Waals surface area contributed by atoms with E-state index in [4.69, 9.17) is 19.2 Å². The van der Waals surface area contributed by atoms with Crippen LogP contribution in [0.3, 0.4) is 0 Å². The average Bonchev–Trinajstić information content (AvgIpc) is 2.95. The molecule has 0 radical (unpaired) electrons. The van der Waals surface area contributed by atoms with E-state index >= 15 is 0 Å². The van der Waals surface area contributed by atoms with E-state index in [0.717, 1.165) is 48.3 Å². The SMILES string of the molecule is Cc1ccc(NC(=O)c2ccnc(C(C)(C)O)c2)cc1-c1cnc(OC2CCOCC2)c(N2CCOCC2)c1. The first kappa shape index (κ1) is 27.1. The van der Waals surface area contributed by atoms with Crippen LogP contribution in [0.5, 0.6) is 5.88 Å². The average molecular weight is 533 g/mol. The van der Waals surface area contributed by atoms with Crippen LogP contribution in [0, 0.1) is 6.92 Å². The molecule has 1 amide bonds. The third kappa shape index (κ3) is 6.55. The standard InChI is InChI=1S/C30H36N4O5/c1-20-4-5-23(33-28(35)21-6-9-31-27(17-21)30(2,3)36)18-25(20)22-16-26(34-10-14-38-15-11-34)29(32-19-22)39-24-7-12-37-13-8-24/h4-6,9,16-19,24,36H,7-8,10-15H2,1-3H3,(H,33,35). The zero-order chi connectivity index (χ0) is 27.4. The molecule has 9 heteroatoms. The van der Waals surface area contributed by atoms with Gasteiger partial charge in [-0.05, 0) is 62.2 Å². The molecule has 206 valence electrons. The molecule has 0 unspecified atom stereocenters. The summed E-state index contributed by atoms with van der Waals surface area (Å²) in [6.45, 7) is 9.58. The number of anilines is 2. The maximum Gasteiger partial charge on any atom is 0.255 e. The van der Waals surface area contributed by atoms with Crippen LogP contribution < -0.4 is 15.0 Å². The highest BCUT2D eigenvalue weighted by molar-refractivity contribution is 6.04. The Kier molecular flexibility index (Phi) is 8.11. The lowest BCUT2D eigenvalue weighted by Crippen LogP contribution is -2.37. The summed E-state index contributed by atoms with van der Waals surface area (Å²) in [5.74, 6) is 0.361. The molecule has 39 heavy (non-hydrogen) atoms. The Labute approximate surface area is 229 Å². The molecule has 2 aromatic heterocycles. The van der Waals surface area contributed by atoms with Gasteiger partial charge in [0, 0.05) is 55.1 Å². The van der Waals surface area contributed by atoms with Gasteiger partial charge in [0.2, 0.25) is 5.88 Å². The second-order valence-corrected chi connectivity index (χ2v) is 10.5. The molecule has 2 saturated heterocycles. The van der Waals surface area contributed by atoms with Crippen molar-refractivity contribution in [1.82, 2.24) is 9.97 Å². The number of aryl methyl sites for hydroxylation is 1. The molecular formula is C30H36N4O5. The summed E-state index contributed by atoms with van der Waals surface area (Å²) in [5.41, 5.74) is 4.31. The number of rotatable bonds is 7. The quantitative estimate of drug-likeness (QED) is 0.463. The van der Waals surface area contributed by atoms with E-state index in [1.54, 1.807) is 26.0 Å². The normalized spacial score (nSPS) is 16.7. The number of benzene rings is 1. The summed E-state index contributed by atoms with van der Waals surface area (Å²) in [6.07, 6.45) is 5.15. The number of aliphatic hydroxyl groups is 1. The van der Waals surface area contributed by atoms with Crippen molar-refractivity contribution in [2.45, 2.75) is 45.3 Å². The molecule has 0 saturated carbocycles. The summed E-state index contributed by atoms with van der Waals surface area (Å²) in [5, 5.41) is 13.3. The predicted octanol–water partition coefficient (Wildman–Crippen LogP) is 4.33. The van der Waals surface area contributed by atoms with Crippen LogP contribution in [-0.2, 0) is 15.1 Å². The zero-order valence-corrected chi connectivity index (χ0v) is 22.8. The number of aromatic nitrogens is 2. The molecule has 9 nitrogen and oxygen atoms in total. The Morgan fingerprint density at radius 2 is 1.79 bits per heavy atom. The van der Waals surface area contributed by atoms with Crippen LogP contribution in [0.4, 0.5) is 11.4 Å². The second-order valence-electron chi connectivity index (χ2n) is 10.5. The molecule has 2 aliphatic heterocycles. The Balaban J connectivity index is 1.42. The summed E-state index contributed by atoms with van der Waals surface area (Å²) >= 11 is 0. The number of carbonyl (C=O) groups excluding carboxylic acids is 1. The lowest BCUT2D eigenvalue weighted by atomic mass is 10.00. The van der Waals surface area contributed by atoms with Gasteiger partial charge in [0.05, 0.1) is 32.1 Å². The van der Waals surface area contributed by atoms with Crippen LogP contribution >= 0.6 is 0 Å². The first-order valence-electron chi connectivity index (χ1n) is 13.5. The smallest absolute Gasteiger partial charge is 0.255 e. The Morgan fingerprint density at radius 1 is 1.05 bits per heavy atom. The molecule has 0 bridgehead atoms. The zero-order valence-electron chi connectivity index (χ0n) is 22.8. The van der Waals surface area contributed by atoms with Gasteiger partial charge >= 0.3 is 0 Å². The summed E-state index contributed by atoms with van der Waals surface area (Å²) in [4.78, 5) is 24.3. The van der Waals surface area contributed by atoms with Crippen molar-refractivity contribution in [3.8, 4) is 17.0 Å². The van der Waals surface area contributed by atoms with E-state index in [0.29, 0.717) is 49.3 Å². The van der Waals surface area contributed by atoms with Crippen LogP contribution in [0.1, 0.15) is 48.3 Å². The van der Waals surface area contributed by atoms with Crippen molar-refractivity contribution in [2.24, 2.45) is 0 Å². The van der Waals surface area contributed by atoms with Gasteiger partial charge < -0.3 is 29.5 Å². The maximum atomic E-state index is 13.0. The summed E-state index contributed by atoms with van der Waals surface area (Å²) in [7, 11) is 0. The molecule has 4 heterocycles. The minimum Gasteiger partial charge on any atom is -0.473 e. The first-order chi connectivity index (χ1) is 18.8. The molecule has 1 aromatic carbocycles. The largest absolute Gasteiger partial charge is 0.473 e. The fraction of sp³-hybridized carbons (Fsp3) is 0.433. The van der Waals surface area contributed by atoms with Crippen molar-refractivity contribution in [3.63, 3.8) is 0 Å². The van der Waals surface area contributed by atoms with Gasteiger partial charge in [0.1, 0.15) is 17.4 Å². The Hall–Kier alpha value is -3.53. The van der Waals surface area contributed by atoms with Gasteiger partial charge in [-0.15, -0.1) is 0 Å². The van der Waals surface area contributed by atoms with Crippen molar-refractivity contribution < 1.29 is 24.1 Å². The molecule has 2 fully saturated rings. The topological polar surface area (TPSA) is 106 Å². The number of amides is 1. The summed E-state index contributed by atoms with van der Waals surface area (Å²) < 4.78 is 17.4. The van der Waals surface area contributed by atoms with Gasteiger partial charge in [0.25, 0.3) is 5.91 Å². The van der Waals surface area contributed by atoms with E-state index in [9.17, 15) is 9.90 Å². The van der Waals surface area contributed by atoms with Crippen molar-refractivity contribution in [2.75, 3.05) is 49.7 Å². The van der Waals surface area contributed by atoms with Crippen LogP contribution in [0.25, 0.3) is 11.1 Å². The highest BCUT2D eigenvalue weighted by Crippen LogP contribution is 2.35. The van der Waals surface area contributed by atoms with Crippen LogP contribution in [0.15, 0.2) is 48.8 Å². The van der Waals surface area contributed by atoms with Crippen LogP contribution in [-0.4, -0.2) is 66.6 Å². The number of nitrogens with one attached hydrogen (secondary N) is 1. The molecule has 2 aliphatic rings. The number of ether oxygens (including phenoxy) is 3. The molecule has 0 atom stereocenters. The predicted molar refractivity (Wildman–Crippen MR) is 149 cm³/mol. The third-order valence-corrected chi connectivity index (χ3v) is 7.09. The Morgan fingerprint density at radius 3 is 2.54 bits per heavy atom. The van der Waals surface area contributed by atoms with Crippen molar-refractivity contribution >= 4 is 17.3 Å². The number of morpholine rings is 1. The minimum absolute atomic E-state index is 0.0854. The lowest BCUT2D eigenvalue weighted by molar-refractivity contribution is 0.0238. The van der Waals surface area contributed by atoms with Crippen molar-refractivity contribution in [1.29, 1.82) is 0 Å². The van der Waals surface area contributed by atoms with E-state index in [1.165, 1.54) is 6.20 Å². The number of pyridine rings is 2. The molecule has 2 N–H and O–H groups in total. The highest BCUT2D eigenvalue weighted by atomic mass is 16.5. The molecule has 0 aliphatic carbocycles. The Bertz CT molecular complexity index is 1310. The number of nitrogens with zero attached hydrogens (tertiary/aromatic N) is 3. The lowest BCUT2D eigenvalue weighted by Gasteiger charge is -2.31. The number of carbonyl (C=O) groups is 1. The third-order valence-electron chi connectivity index (χ3n) is 7.09. The van der Waals surface area contributed by atoms with Crippen molar-refractivity contribution in [3.05, 3.63) is 65.6 Å². The summed E-state index contributed by atoms with van der Waals surface area (Å²) in [6, 6.07) is 11.2. The molecule has 5 rings (SSSR count). The minimum atomic E-state index is -1.14. The monoisotopic (exact) mass is 532 g/mol. The maximum absolute atomic E-state index is 13.0. The molecular weight excluding hydrogens is 496 g/mol. The molecule has 0 spiro atoms. The van der Waals surface area contributed by atoms with Crippen LogP contribution in [0.2, 0.25) is 0 Å². The van der Waals surface area contributed by atoms with E-state index < -0.39 is 5.60 Å². The molecule has 3 aromatic rings. The second kappa shape index (κ2) is 11.7. The van der Waals surface area contributed by atoms with Gasteiger partial charge in [-0.25, -0.2) is 4.98 Å². The first-order valence-corrected chi connectivity index (χ1v) is 13.5. The van der Waals surface area contributed by atoms with E-state index in [2.05, 4.69) is 21.3 Å². The fourth-order valence-electron chi connectivity index (χ4n) is 4.78. The van der Waals surface area contributed by atoms with E-state index in [-0.39, 0.29) is 12.0 Å². The van der Waals surface area contributed by atoms with Gasteiger partial charge in [-0.3, -0.25) is 9.78 Å².